The molecule has 0 aliphatic carbocycles. The van der Waals surface area contributed by atoms with E-state index in [1.807, 2.05) is 13.8 Å². The summed E-state index contributed by atoms with van der Waals surface area (Å²) < 4.78 is 10.9. The fourth-order valence-electron chi connectivity index (χ4n) is 1.58. The van der Waals surface area contributed by atoms with Crippen molar-refractivity contribution in [2.45, 2.75) is 20.0 Å². The number of hydrogen-bond acceptors (Lipinski definition) is 4. The topological polar surface area (TPSA) is 44.2 Å². The summed E-state index contributed by atoms with van der Waals surface area (Å²) in [6.45, 7) is 3.87. The minimum absolute atomic E-state index is 0.0316. The highest BCUT2D eigenvalue weighted by Gasteiger charge is 2.12. The van der Waals surface area contributed by atoms with Crippen LogP contribution in [-0.2, 0) is 0 Å². The number of methoxy groups -OCH3 is 1. The van der Waals surface area contributed by atoms with Crippen molar-refractivity contribution in [3.63, 3.8) is 0 Å². The lowest BCUT2D eigenvalue weighted by molar-refractivity contribution is 0.230. The molecule has 1 aromatic carbocycles. The van der Waals surface area contributed by atoms with Crippen molar-refractivity contribution in [2.24, 2.45) is 0 Å². The van der Waals surface area contributed by atoms with Crippen LogP contribution in [0.1, 0.15) is 13.8 Å². The van der Waals surface area contributed by atoms with Crippen molar-refractivity contribution in [2.75, 3.05) is 7.11 Å². The molecular weight excluding hydrogens is 275 g/mol. The first-order valence-corrected chi connectivity index (χ1v) is 6.14. The van der Waals surface area contributed by atoms with E-state index in [2.05, 4.69) is 9.97 Å². The first kappa shape index (κ1) is 13.2. The maximum absolute atomic E-state index is 6.02. The van der Waals surface area contributed by atoms with Gasteiger partial charge in [0.05, 0.1) is 18.7 Å². The number of hydrogen-bond donors (Lipinski definition) is 0. The second kappa shape index (κ2) is 5.16. The molecule has 0 bridgehead atoms. The first-order valence-electron chi connectivity index (χ1n) is 5.38. The van der Waals surface area contributed by atoms with Gasteiger partial charge in [0.15, 0.2) is 11.5 Å². The number of benzene rings is 1. The average Bonchev–Trinajstić information content (AvgIpc) is 2.27. The van der Waals surface area contributed by atoms with E-state index in [4.69, 9.17) is 32.7 Å². The number of ether oxygens (including phenoxy) is 2. The molecule has 0 fully saturated rings. The Morgan fingerprint density at radius 2 is 1.83 bits per heavy atom. The molecule has 0 aliphatic heterocycles. The average molecular weight is 287 g/mol. The zero-order valence-corrected chi connectivity index (χ0v) is 11.7. The predicted octanol–water partition coefficient (Wildman–Crippen LogP) is 3.73. The molecule has 0 unspecified atom stereocenters. The van der Waals surface area contributed by atoms with Gasteiger partial charge in [0.2, 0.25) is 5.28 Å². The summed E-state index contributed by atoms with van der Waals surface area (Å²) in [5.74, 6) is 1.19. The Morgan fingerprint density at radius 1 is 1.11 bits per heavy atom. The van der Waals surface area contributed by atoms with Crippen LogP contribution >= 0.6 is 23.2 Å². The highest BCUT2D eigenvalue weighted by molar-refractivity contribution is 6.35. The smallest absolute Gasteiger partial charge is 0.224 e. The molecule has 18 heavy (non-hydrogen) atoms. The summed E-state index contributed by atoms with van der Waals surface area (Å²) in [4.78, 5) is 8.01. The van der Waals surface area contributed by atoms with Crippen LogP contribution in [0.25, 0.3) is 10.9 Å². The van der Waals surface area contributed by atoms with Gasteiger partial charge in [-0.3, -0.25) is 0 Å². The molecular formula is C12H12Cl2N2O2. The van der Waals surface area contributed by atoms with Crippen molar-refractivity contribution in [3.05, 3.63) is 22.6 Å². The fourth-order valence-corrected chi connectivity index (χ4v) is 2.03. The van der Waals surface area contributed by atoms with E-state index in [9.17, 15) is 0 Å². The lowest BCUT2D eigenvalue weighted by atomic mass is 10.2. The third kappa shape index (κ3) is 2.60. The van der Waals surface area contributed by atoms with Crippen molar-refractivity contribution in [3.8, 4) is 11.5 Å². The molecule has 1 heterocycles. The van der Waals surface area contributed by atoms with Gasteiger partial charge >= 0.3 is 0 Å². The van der Waals surface area contributed by atoms with Crippen molar-refractivity contribution in [1.82, 2.24) is 9.97 Å². The lowest BCUT2D eigenvalue weighted by Crippen LogP contribution is -2.07. The number of rotatable bonds is 3. The molecule has 0 aliphatic rings. The van der Waals surface area contributed by atoms with Crippen molar-refractivity contribution < 1.29 is 9.47 Å². The molecule has 0 saturated carbocycles. The predicted molar refractivity (Wildman–Crippen MR) is 71.9 cm³/mol. The number of halogens is 2. The van der Waals surface area contributed by atoms with Crippen LogP contribution in [0, 0.1) is 0 Å². The summed E-state index contributed by atoms with van der Waals surface area (Å²) in [5.41, 5.74) is 0.622. The van der Waals surface area contributed by atoms with Crippen LogP contribution in [0.3, 0.4) is 0 Å². The SMILES string of the molecule is COc1cc2c(Cl)nc(Cl)nc2cc1OC(C)C. The van der Waals surface area contributed by atoms with Crippen molar-refractivity contribution >= 4 is 34.1 Å². The monoisotopic (exact) mass is 286 g/mol. The normalized spacial score (nSPS) is 11.0. The number of nitrogens with zero attached hydrogens (tertiary/aromatic N) is 2. The molecule has 6 heteroatoms. The third-order valence-corrected chi connectivity index (χ3v) is 2.73. The van der Waals surface area contributed by atoms with E-state index in [1.54, 1.807) is 19.2 Å². The van der Waals surface area contributed by atoms with E-state index in [0.717, 1.165) is 0 Å². The summed E-state index contributed by atoms with van der Waals surface area (Å²) in [5, 5.41) is 1.07. The van der Waals surface area contributed by atoms with E-state index in [1.165, 1.54) is 0 Å². The first-order chi connectivity index (χ1) is 8.51. The largest absolute Gasteiger partial charge is 0.493 e. The van der Waals surface area contributed by atoms with Gasteiger partial charge in [0.1, 0.15) is 5.15 Å². The molecule has 0 amide bonds. The molecule has 0 radical (unpaired) electrons. The van der Waals surface area contributed by atoms with Crippen molar-refractivity contribution in [1.29, 1.82) is 0 Å². The van der Waals surface area contributed by atoms with Gasteiger partial charge in [-0.05, 0) is 31.5 Å². The minimum Gasteiger partial charge on any atom is -0.493 e. The van der Waals surface area contributed by atoms with Gasteiger partial charge in [-0.1, -0.05) is 11.6 Å². The molecule has 4 nitrogen and oxygen atoms in total. The van der Waals surface area contributed by atoms with Gasteiger partial charge in [-0.2, -0.15) is 0 Å². The second-order valence-corrected chi connectivity index (χ2v) is 4.67. The minimum atomic E-state index is 0.0316. The molecule has 96 valence electrons. The maximum atomic E-state index is 6.02. The second-order valence-electron chi connectivity index (χ2n) is 3.97. The van der Waals surface area contributed by atoms with Crippen LogP contribution in [0.15, 0.2) is 12.1 Å². The van der Waals surface area contributed by atoms with Gasteiger partial charge in [-0.25, -0.2) is 9.97 Å². The van der Waals surface area contributed by atoms with Gasteiger partial charge in [0, 0.05) is 11.5 Å². The summed E-state index contributed by atoms with van der Waals surface area (Å²) in [6.07, 6.45) is 0.0316. The summed E-state index contributed by atoms with van der Waals surface area (Å²) in [6, 6.07) is 3.49. The molecule has 0 N–H and O–H groups in total. The number of fused-ring (bicyclic) bond motifs is 1. The maximum Gasteiger partial charge on any atom is 0.224 e. The Kier molecular flexibility index (Phi) is 3.78. The van der Waals surface area contributed by atoms with Crippen LogP contribution in [0.5, 0.6) is 11.5 Å². The highest BCUT2D eigenvalue weighted by atomic mass is 35.5. The molecule has 0 atom stereocenters. The third-order valence-electron chi connectivity index (χ3n) is 2.27. The van der Waals surface area contributed by atoms with E-state index >= 15 is 0 Å². The highest BCUT2D eigenvalue weighted by Crippen LogP contribution is 2.35. The fraction of sp³-hybridized carbons (Fsp3) is 0.333. The zero-order valence-electron chi connectivity index (χ0n) is 10.2. The van der Waals surface area contributed by atoms with E-state index < -0.39 is 0 Å². The molecule has 2 rings (SSSR count). The van der Waals surface area contributed by atoms with E-state index in [-0.39, 0.29) is 11.4 Å². The van der Waals surface area contributed by atoms with Gasteiger partial charge < -0.3 is 9.47 Å². The van der Waals surface area contributed by atoms with Gasteiger partial charge in [-0.15, -0.1) is 0 Å². The Hall–Kier alpha value is -1.26. The molecule has 1 aromatic heterocycles. The quantitative estimate of drug-likeness (QED) is 0.637. The molecule has 0 spiro atoms. The van der Waals surface area contributed by atoms with Crippen LogP contribution in [0.4, 0.5) is 0 Å². The summed E-state index contributed by atoms with van der Waals surface area (Å²) >= 11 is 11.8. The standard InChI is InChI=1S/C12H12Cl2N2O2/c1-6(2)18-10-5-8-7(4-9(10)17-3)11(13)16-12(14)15-8/h4-6H,1-3H3. The summed E-state index contributed by atoms with van der Waals surface area (Å²) in [7, 11) is 1.57. The Morgan fingerprint density at radius 3 is 2.44 bits per heavy atom. The Balaban J connectivity index is 2.65. The molecule has 0 saturated heterocycles. The Labute approximate surface area is 115 Å². The van der Waals surface area contributed by atoms with Gasteiger partial charge in [0.25, 0.3) is 0 Å². The van der Waals surface area contributed by atoms with E-state index in [0.29, 0.717) is 27.6 Å². The Bertz CT molecular complexity index is 588. The molecule has 2 aromatic rings. The zero-order chi connectivity index (χ0) is 13.3. The van der Waals surface area contributed by atoms with Crippen LogP contribution in [-0.4, -0.2) is 23.2 Å². The lowest BCUT2D eigenvalue weighted by Gasteiger charge is -2.14. The number of aromatic nitrogens is 2. The van der Waals surface area contributed by atoms with Crippen LogP contribution < -0.4 is 9.47 Å². The van der Waals surface area contributed by atoms with Crippen LogP contribution in [0.2, 0.25) is 10.4 Å².